The Balaban J connectivity index is 0.00000196. The van der Waals surface area contributed by atoms with Crippen LogP contribution in [0.1, 0.15) is 32.6 Å². The zero-order valence-corrected chi connectivity index (χ0v) is 16.2. The number of aromatic nitrogens is 3. The van der Waals surface area contributed by atoms with E-state index < -0.39 is 5.82 Å². The molecule has 2 N–H and O–H groups in total. The van der Waals surface area contributed by atoms with Gasteiger partial charge in [-0.05, 0) is 32.6 Å². The van der Waals surface area contributed by atoms with E-state index >= 15 is 0 Å². The topological polar surface area (TPSA) is 71.2 Å². The van der Waals surface area contributed by atoms with E-state index in [2.05, 4.69) is 26.7 Å². The maximum Gasteiger partial charge on any atom is 0.228 e. The number of nitrogens with zero attached hydrogens (tertiary/aromatic N) is 5. The molecule has 0 aromatic carbocycles. The maximum atomic E-state index is 14.6. The molecule has 2 aromatic heterocycles. The third-order valence-corrected chi connectivity index (χ3v) is 5.39. The first kappa shape index (κ1) is 19.3. The molecule has 9 heteroatoms. The molecule has 0 radical (unpaired) electrons. The highest BCUT2D eigenvalue weighted by Crippen LogP contribution is 2.33. The third kappa shape index (κ3) is 3.40. The molecule has 2 aliphatic heterocycles. The maximum absolute atomic E-state index is 14.6. The molecule has 6 nitrogen and oxygen atoms in total. The molecule has 0 bridgehead atoms. The molecular formula is C17H23Cl2FN6. The van der Waals surface area contributed by atoms with E-state index in [1.807, 2.05) is 0 Å². The molecule has 0 aliphatic carbocycles. The van der Waals surface area contributed by atoms with E-state index in [4.69, 9.17) is 22.3 Å². The van der Waals surface area contributed by atoms with Gasteiger partial charge in [0, 0.05) is 37.9 Å². The highest BCUT2D eigenvalue weighted by atomic mass is 35.5. The van der Waals surface area contributed by atoms with E-state index in [-0.39, 0.29) is 35.2 Å². The minimum absolute atomic E-state index is 0. The summed E-state index contributed by atoms with van der Waals surface area (Å²) >= 11 is 5.90. The van der Waals surface area contributed by atoms with Crippen LogP contribution in [-0.4, -0.2) is 46.7 Å². The number of hydrogen-bond donors (Lipinski definition) is 1. The van der Waals surface area contributed by atoms with Crippen LogP contribution in [0.3, 0.4) is 0 Å². The first-order valence-electron chi connectivity index (χ1n) is 8.83. The number of anilines is 2. The van der Waals surface area contributed by atoms with Crippen molar-refractivity contribution in [1.82, 2.24) is 15.0 Å². The zero-order valence-electron chi connectivity index (χ0n) is 14.7. The number of hydrogen-bond acceptors (Lipinski definition) is 6. The fourth-order valence-electron chi connectivity index (χ4n) is 3.83. The molecule has 4 heterocycles. The van der Waals surface area contributed by atoms with Crippen molar-refractivity contribution in [1.29, 1.82) is 0 Å². The predicted molar refractivity (Wildman–Crippen MR) is 105 cm³/mol. The van der Waals surface area contributed by atoms with Crippen LogP contribution in [0.2, 0.25) is 5.15 Å². The van der Waals surface area contributed by atoms with Crippen molar-refractivity contribution in [3.05, 3.63) is 17.2 Å². The van der Waals surface area contributed by atoms with Gasteiger partial charge in [0.1, 0.15) is 11.3 Å². The van der Waals surface area contributed by atoms with Crippen molar-refractivity contribution in [3.8, 4) is 0 Å². The van der Waals surface area contributed by atoms with E-state index in [0.717, 1.165) is 38.2 Å². The fraction of sp³-hybridized carbons (Fsp3) is 0.588. The molecule has 0 spiro atoms. The second-order valence-electron chi connectivity index (χ2n) is 7.02. The van der Waals surface area contributed by atoms with Gasteiger partial charge < -0.3 is 15.5 Å². The van der Waals surface area contributed by atoms with Crippen LogP contribution >= 0.6 is 24.0 Å². The van der Waals surface area contributed by atoms with Crippen LogP contribution in [0, 0.1) is 5.82 Å². The summed E-state index contributed by atoms with van der Waals surface area (Å²) in [5.74, 6) is 0.683. The second kappa shape index (κ2) is 7.66. The summed E-state index contributed by atoms with van der Waals surface area (Å²) in [7, 11) is 0. The lowest BCUT2D eigenvalue weighted by Gasteiger charge is -2.30. The van der Waals surface area contributed by atoms with Gasteiger partial charge in [-0.15, -0.1) is 12.4 Å². The monoisotopic (exact) mass is 400 g/mol. The molecule has 2 aromatic rings. The normalized spacial score (nSPS) is 23.4. The van der Waals surface area contributed by atoms with Gasteiger partial charge in [0.2, 0.25) is 5.95 Å². The smallest absolute Gasteiger partial charge is 0.228 e. The van der Waals surface area contributed by atoms with Gasteiger partial charge in [-0.25, -0.2) is 14.4 Å². The standard InChI is InChI=1S/C17H22ClFN6.ClH/c1-10-7-11(20)9-25(10)17-22-14-12(8-21-15(18)13(14)19)16(23-17)24-5-3-2-4-6-24;/h8,10-11H,2-7,9,20H2,1H3;1H/t10-,11-;/m0./s1. The molecule has 2 aliphatic rings. The van der Waals surface area contributed by atoms with E-state index in [9.17, 15) is 4.39 Å². The van der Waals surface area contributed by atoms with Crippen LogP contribution < -0.4 is 15.5 Å². The summed E-state index contributed by atoms with van der Waals surface area (Å²) in [6.45, 7) is 4.58. The van der Waals surface area contributed by atoms with Crippen LogP contribution in [0.5, 0.6) is 0 Å². The highest BCUT2D eigenvalue weighted by molar-refractivity contribution is 6.30. The molecule has 26 heavy (non-hydrogen) atoms. The Hall–Kier alpha value is -1.44. The predicted octanol–water partition coefficient (Wildman–Crippen LogP) is 3.16. The van der Waals surface area contributed by atoms with Crippen LogP contribution in [0.25, 0.3) is 10.9 Å². The highest BCUT2D eigenvalue weighted by Gasteiger charge is 2.30. The van der Waals surface area contributed by atoms with Crippen molar-refractivity contribution < 1.29 is 4.39 Å². The lowest BCUT2D eigenvalue weighted by atomic mass is 10.1. The number of piperidine rings is 1. The number of pyridine rings is 1. The summed E-state index contributed by atoms with van der Waals surface area (Å²) in [5, 5.41) is 0.455. The van der Waals surface area contributed by atoms with E-state index in [0.29, 0.717) is 17.9 Å². The Kier molecular flexibility index (Phi) is 5.69. The number of fused-ring (bicyclic) bond motifs is 1. The number of nitrogens with two attached hydrogens (primary N) is 1. The average Bonchev–Trinajstić information content (AvgIpc) is 2.96. The Morgan fingerprint density at radius 3 is 2.62 bits per heavy atom. The van der Waals surface area contributed by atoms with Crippen LogP contribution in [0.15, 0.2) is 6.20 Å². The largest absolute Gasteiger partial charge is 0.356 e. The summed E-state index contributed by atoms with van der Waals surface area (Å²) in [6, 6.07) is 0.306. The van der Waals surface area contributed by atoms with Gasteiger partial charge >= 0.3 is 0 Å². The minimum atomic E-state index is -0.586. The van der Waals surface area contributed by atoms with Gasteiger partial charge in [0.25, 0.3) is 0 Å². The number of rotatable bonds is 2. The molecule has 0 saturated carbocycles. The Bertz CT molecular complexity index is 798. The lowest BCUT2D eigenvalue weighted by molar-refractivity contribution is 0.573. The van der Waals surface area contributed by atoms with Crippen molar-refractivity contribution >= 4 is 46.7 Å². The van der Waals surface area contributed by atoms with Crippen molar-refractivity contribution in [2.75, 3.05) is 29.4 Å². The Labute approximate surface area is 163 Å². The quantitative estimate of drug-likeness (QED) is 0.780. The summed E-state index contributed by atoms with van der Waals surface area (Å²) < 4.78 is 14.6. The van der Waals surface area contributed by atoms with E-state index in [1.165, 1.54) is 6.42 Å². The van der Waals surface area contributed by atoms with Crippen LogP contribution in [-0.2, 0) is 0 Å². The van der Waals surface area contributed by atoms with Crippen LogP contribution in [0.4, 0.5) is 16.2 Å². The third-order valence-electron chi connectivity index (χ3n) is 5.13. The Morgan fingerprint density at radius 1 is 1.23 bits per heavy atom. The molecule has 142 valence electrons. The Morgan fingerprint density at radius 2 is 1.96 bits per heavy atom. The van der Waals surface area contributed by atoms with E-state index in [1.54, 1.807) is 6.20 Å². The number of halogens is 3. The van der Waals surface area contributed by atoms with Crippen molar-refractivity contribution in [2.45, 2.75) is 44.7 Å². The molecule has 4 rings (SSSR count). The summed E-state index contributed by atoms with van der Waals surface area (Å²) in [6.07, 6.45) is 5.88. The minimum Gasteiger partial charge on any atom is -0.356 e. The second-order valence-corrected chi connectivity index (χ2v) is 7.38. The molecule has 0 amide bonds. The first-order chi connectivity index (χ1) is 12.0. The molecule has 2 saturated heterocycles. The molecule has 2 fully saturated rings. The van der Waals surface area contributed by atoms with Gasteiger partial charge in [-0.3, -0.25) is 0 Å². The summed E-state index contributed by atoms with van der Waals surface area (Å²) in [5.41, 5.74) is 6.32. The molecular weight excluding hydrogens is 378 g/mol. The molecule has 2 atom stereocenters. The first-order valence-corrected chi connectivity index (χ1v) is 9.21. The lowest BCUT2D eigenvalue weighted by Crippen LogP contribution is -2.33. The van der Waals surface area contributed by atoms with Gasteiger partial charge in [0.05, 0.1) is 5.39 Å². The fourth-order valence-corrected chi connectivity index (χ4v) is 3.97. The average molecular weight is 401 g/mol. The van der Waals surface area contributed by atoms with Gasteiger partial charge in [0.15, 0.2) is 11.0 Å². The van der Waals surface area contributed by atoms with Crippen molar-refractivity contribution in [2.24, 2.45) is 5.73 Å². The molecule has 0 unspecified atom stereocenters. The summed E-state index contributed by atoms with van der Waals surface area (Å²) in [4.78, 5) is 17.5. The van der Waals surface area contributed by atoms with Gasteiger partial charge in [-0.1, -0.05) is 11.6 Å². The SMILES string of the molecule is C[C@H]1C[C@H](N)CN1c1nc(N2CCCCC2)c2cnc(Cl)c(F)c2n1.Cl. The zero-order chi connectivity index (χ0) is 17.6. The van der Waals surface area contributed by atoms with Gasteiger partial charge in [-0.2, -0.15) is 4.98 Å². The van der Waals surface area contributed by atoms with Crippen molar-refractivity contribution in [3.63, 3.8) is 0 Å².